The van der Waals surface area contributed by atoms with Gasteiger partial charge in [-0.25, -0.2) is 0 Å². The zero-order valence-electron chi connectivity index (χ0n) is 11.8. The van der Waals surface area contributed by atoms with Crippen molar-refractivity contribution in [1.82, 2.24) is 10.2 Å². The fraction of sp³-hybridized carbons (Fsp3) is 0.625. The average Bonchev–Trinajstić information content (AvgIpc) is 2.49. The summed E-state index contributed by atoms with van der Waals surface area (Å²) in [5.74, 6) is 0. The number of piperazine rings is 1. The van der Waals surface area contributed by atoms with Crippen LogP contribution >= 0.6 is 0 Å². The van der Waals surface area contributed by atoms with E-state index in [4.69, 9.17) is 4.74 Å². The third kappa shape index (κ3) is 2.83. The molecule has 1 aromatic carbocycles. The van der Waals surface area contributed by atoms with Crippen LogP contribution in [0.25, 0.3) is 0 Å². The Balaban J connectivity index is 1.73. The van der Waals surface area contributed by atoms with Gasteiger partial charge in [0.1, 0.15) is 0 Å². The van der Waals surface area contributed by atoms with Crippen LogP contribution in [-0.2, 0) is 10.3 Å². The van der Waals surface area contributed by atoms with Crippen molar-refractivity contribution in [1.29, 1.82) is 0 Å². The molecule has 0 spiro atoms. The number of nitrogens with zero attached hydrogens (tertiary/aromatic N) is 1. The molecule has 3 heteroatoms. The Morgan fingerprint density at radius 1 is 1.21 bits per heavy atom. The molecule has 0 saturated carbocycles. The quantitative estimate of drug-likeness (QED) is 0.880. The molecule has 0 aliphatic carbocycles. The molecule has 2 fully saturated rings. The van der Waals surface area contributed by atoms with E-state index in [1.54, 1.807) is 0 Å². The molecule has 104 valence electrons. The molecule has 2 aliphatic rings. The van der Waals surface area contributed by atoms with Gasteiger partial charge in [0.25, 0.3) is 0 Å². The van der Waals surface area contributed by atoms with Gasteiger partial charge in [-0.05, 0) is 25.3 Å². The van der Waals surface area contributed by atoms with Crippen LogP contribution in [0.4, 0.5) is 0 Å². The van der Waals surface area contributed by atoms with Crippen LogP contribution in [0.2, 0.25) is 0 Å². The first kappa shape index (κ1) is 13.1. The highest BCUT2D eigenvalue weighted by molar-refractivity contribution is 5.25. The Morgan fingerprint density at radius 2 is 1.95 bits per heavy atom. The van der Waals surface area contributed by atoms with Gasteiger partial charge in [-0.15, -0.1) is 0 Å². The first-order valence-corrected chi connectivity index (χ1v) is 7.40. The van der Waals surface area contributed by atoms with Crippen molar-refractivity contribution in [3.8, 4) is 0 Å². The van der Waals surface area contributed by atoms with E-state index < -0.39 is 0 Å². The van der Waals surface area contributed by atoms with Crippen LogP contribution in [0.1, 0.15) is 25.3 Å². The normalized spacial score (nSPS) is 30.4. The molecule has 3 rings (SSSR count). The van der Waals surface area contributed by atoms with Gasteiger partial charge >= 0.3 is 0 Å². The SMILES string of the molecule is CC1(c2ccccc2)CN(C2CCOCC2)CCN1. The fourth-order valence-corrected chi connectivity index (χ4v) is 3.38. The molecule has 1 unspecified atom stereocenters. The molecule has 0 radical (unpaired) electrons. The minimum absolute atomic E-state index is 0.0812. The third-order valence-electron chi connectivity index (χ3n) is 4.55. The summed E-state index contributed by atoms with van der Waals surface area (Å²) in [5.41, 5.74) is 1.48. The van der Waals surface area contributed by atoms with Gasteiger partial charge in [0.05, 0.1) is 5.54 Å². The minimum atomic E-state index is 0.0812. The molecule has 1 aromatic rings. The summed E-state index contributed by atoms with van der Waals surface area (Å²) < 4.78 is 5.48. The molecule has 0 bridgehead atoms. The van der Waals surface area contributed by atoms with E-state index in [2.05, 4.69) is 47.5 Å². The maximum Gasteiger partial charge on any atom is 0.0535 e. The number of ether oxygens (including phenoxy) is 1. The van der Waals surface area contributed by atoms with Gasteiger partial charge in [-0.3, -0.25) is 4.90 Å². The molecular formula is C16H24N2O. The highest BCUT2D eigenvalue weighted by Gasteiger charge is 2.35. The van der Waals surface area contributed by atoms with Crippen molar-refractivity contribution in [2.75, 3.05) is 32.8 Å². The lowest BCUT2D eigenvalue weighted by molar-refractivity contribution is 0.0117. The molecule has 2 saturated heterocycles. The first-order valence-electron chi connectivity index (χ1n) is 7.40. The Labute approximate surface area is 115 Å². The summed E-state index contributed by atoms with van der Waals surface area (Å²) in [7, 11) is 0. The molecule has 19 heavy (non-hydrogen) atoms. The van der Waals surface area contributed by atoms with E-state index in [9.17, 15) is 0 Å². The Bertz CT molecular complexity index is 402. The van der Waals surface area contributed by atoms with E-state index in [1.807, 2.05) is 0 Å². The van der Waals surface area contributed by atoms with E-state index in [0.717, 1.165) is 32.8 Å². The minimum Gasteiger partial charge on any atom is -0.381 e. The number of nitrogens with one attached hydrogen (secondary N) is 1. The first-order chi connectivity index (χ1) is 9.28. The van der Waals surface area contributed by atoms with Crippen LogP contribution in [-0.4, -0.2) is 43.8 Å². The van der Waals surface area contributed by atoms with E-state index in [1.165, 1.54) is 18.4 Å². The van der Waals surface area contributed by atoms with E-state index in [-0.39, 0.29) is 5.54 Å². The van der Waals surface area contributed by atoms with Gasteiger partial charge in [-0.2, -0.15) is 0 Å². The molecule has 1 atom stereocenters. The Morgan fingerprint density at radius 3 is 2.68 bits per heavy atom. The summed E-state index contributed by atoms with van der Waals surface area (Å²) in [6.45, 7) is 7.51. The molecule has 2 heterocycles. The summed E-state index contributed by atoms with van der Waals surface area (Å²) in [6.07, 6.45) is 2.37. The maximum absolute atomic E-state index is 5.48. The number of rotatable bonds is 2. The predicted molar refractivity (Wildman–Crippen MR) is 77.2 cm³/mol. The van der Waals surface area contributed by atoms with Gasteiger partial charge in [0, 0.05) is 38.9 Å². The number of hydrogen-bond donors (Lipinski definition) is 1. The molecular weight excluding hydrogens is 236 g/mol. The second kappa shape index (κ2) is 5.61. The Kier molecular flexibility index (Phi) is 3.87. The number of hydrogen-bond acceptors (Lipinski definition) is 3. The average molecular weight is 260 g/mol. The highest BCUT2D eigenvalue weighted by atomic mass is 16.5. The summed E-state index contributed by atoms with van der Waals surface area (Å²) >= 11 is 0. The van der Waals surface area contributed by atoms with Crippen molar-refractivity contribution in [3.05, 3.63) is 35.9 Å². The van der Waals surface area contributed by atoms with Crippen LogP contribution < -0.4 is 5.32 Å². The molecule has 1 N–H and O–H groups in total. The zero-order valence-corrected chi connectivity index (χ0v) is 11.8. The van der Waals surface area contributed by atoms with Gasteiger partial charge < -0.3 is 10.1 Å². The van der Waals surface area contributed by atoms with Gasteiger partial charge in [-0.1, -0.05) is 30.3 Å². The van der Waals surface area contributed by atoms with E-state index in [0.29, 0.717) is 6.04 Å². The molecule has 0 aromatic heterocycles. The molecule has 0 amide bonds. The summed E-state index contributed by atoms with van der Waals surface area (Å²) in [5, 5.41) is 3.71. The van der Waals surface area contributed by atoms with Crippen molar-refractivity contribution < 1.29 is 4.74 Å². The topological polar surface area (TPSA) is 24.5 Å². The second-order valence-electron chi connectivity index (χ2n) is 5.94. The third-order valence-corrected chi connectivity index (χ3v) is 4.55. The fourth-order valence-electron chi connectivity index (χ4n) is 3.38. The molecule has 2 aliphatic heterocycles. The zero-order chi connectivity index (χ0) is 13.1. The lowest BCUT2D eigenvalue weighted by atomic mass is 9.88. The highest BCUT2D eigenvalue weighted by Crippen LogP contribution is 2.27. The van der Waals surface area contributed by atoms with Crippen LogP contribution in [0.3, 0.4) is 0 Å². The number of benzene rings is 1. The van der Waals surface area contributed by atoms with Crippen LogP contribution in [0.15, 0.2) is 30.3 Å². The van der Waals surface area contributed by atoms with Crippen molar-refractivity contribution in [3.63, 3.8) is 0 Å². The standard InChI is InChI=1S/C16H24N2O/c1-16(14-5-3-2-4-6-14)13-18(10-9-17-16)15-7-11-19-12-8-15/h2-6,15,17H,7-13H2,1H3. The van der Waals surface area contributed by atoms with Crippen LogP contribution in [0, 0.1) is 0 Å². The van der Waals surface area contributed by atoms with Gasteiger partial charge in [0.15, 0.2) is 0 Å². The van der Waals surface area contributed by atoms with Crippen molar-refractivity contribution in [2.24, 2.45) is 0 Å². The van der Waals surface area contributed by atoms with Crippen molar-refractivity contribution >= 4 is 0 Å². The summed E-state index contributed by atoms with van der Waals surface area (Å²) in [4.78, 5) is 2.66. The van der Waals surface area contributed by atoms with Crippen molar-refractivity contribution in [2.45, 2.75) is 31.3 Å². The monoisotopic (exact) mass is 260 g/mol. The van der Waals surface area contributed by atoms with Gasteiger partial charge in [0.2, 0.25) is 0 Å². The lowest BCUT2D eigenvalue weighted by Crippen LogP contribution is -2.59. The molecule has 3 nitrogen and oxygen atoms in total. The largest absolute Gasteiger partial charge is 0.381 e. The maximum atomic E-state index is 5.48. The second-order valence-corrected chi connectivity index (χ2v) is 5.94. The Hall–Kier alpha value is -0.900. The van der Waals surface area contributed by atoms with E-state index >= 15 is 0 Å². The lowest BCUT2D eigenvalue weighted by Gasteiger charge is -2.46. The summed E-state index contributed by atoms with van der Waals surface area (Å²) in [6, 6.07) is 11.5. The predicted octanol–water partition coefficient (Wildman–Crippen LogP) is 1.99. The smallest absolute Gasteiger partial charge is 0.0535 e. The van der Waals surface area contributed by atoms with Crippen LogP contribution in [0.5, 0.6) is 0 Å².